The Hall–Kier alpha value is -2.57. The summed E-state index contributed by atoms with van der Waals surface area (Å²) in [7, 11) is 0. The van der Waals surface area contributed by atoms with Crippen LogP contribution in [0.1, 0.15) is 11.4 Å². The molecule has 4 nitrogen and oxygen atoms in total. The van der Waals surface area contributed by atoms with Crippen molar-refractivity contribution >= 4 is 44.9 Å². The number of hydrogen-bond acceptors (Lipinski definition) is 6. The molecule has 0 spiro atoms. The lowest BCUT2D eigenvalue weighted by molar-refractivity contribution is 1.09. The van der Waals surface area contributed by atoms with Gasteiger partial charge in [0.2, 0.25) is 0 Å². The van der Waals surface area contributed by atoms with E-state index >= 15 is 0 Å². The largest absolute Gasteiger partial charge is 0.261 e. The SMILES string of the molecule is Cc1nc(N/N=C\c2ccsc2)c2cc(-c3ccccc3)sc2n1. The zero-order valence-electron chi connectivity index (χ0n) is 12.9. The molecular weight excluding hydrogens is 336 g/mol. The molecule has 0 aliphatic rings. The van der Waals surface area contributed by atoms with Crippen molar-refractivity contribution in [2.24, 2.45) is 5.10 Å². The topological polar surface area (TPSA) is 50.2 Å². The lowest BCUT2D eigenvalue weighted by Gasteiger charge is -2.01. The molecule has 3 heterocycles. The summed E-state index contributed by atoms with van der Waals surface area (Å²) in [5.74, 6) is 1.47. The van der Waals surface area contributed by atoms with Crippen molar-refractivity contribution in [3.05, 3.63) is 64.6 Å². The smallest absolute Gasteiger partial charge is 0.158 e. The van der Waals surface area contributed by atoms with Crippen molar-refractivity contribution < 1.29 is 0 Å². The van der Waals surface area contributed by atoms with Crippen LogP contribution in [0.25, 0.3) is 20.7 Å². The second-order valence-electron chi connectivity index (χ2n) is 5.24. The average molecular weight is 350 g/mol. The van der Waals surface area contributed by atoms with Gasteiger partial charge in [-0.1, -0.05) is 30.3 Å². The predicted molar refractivity (Wildman–Crippen MR) is 103 cm³/mol. The summed E-state index contributed by atoms with van der Waals surface area (Å²) in [6.07, 6.45) is 1.80. The normalized spacial score (nSPS) is 11.4. The average Bonchev–Trinajstić information content (AvgIpc) is 3.25. The summed E-state index contributed by atoms with van der Waals surface area (Å²) in [6, 6.07) is 14.5. The summed E-state index contributed by atoms with van der Waals surface area (Å²) >= 11 is 3.32. The minimum atomic E-state index is 0.734. The molecule has 0 saturated carbocycles. The molecule has 0 unspecified atom stereocenters. The number of hydrazone groups is 1. The van der Waals surface area contributed by atoms with Gasteiger partial charge in [-0.05, 0) is 35.4 Å². The van der Waals surface area contributed by atoms with Gasteiger partial charge in [0.15, 0.2) is 5.82 Å². The molecule has 0 radical (unpaired) electrons. The molecule has 4 rings (SSSR count). The fraction of sp³-hybridized carbons (Fsp3) is 0.0556. The van der Waals surface area contributed by atoms with Crippen molar-refractivity contribution in [2.45, 2.75) is 6.92 Å². The quantitative estimate of drug-likeness (QED) is 0.408. The second kappa shape index (κ2) is 6.51. The van der Waals surface area contributed by atoms with Gasteiger partial charge in [-0.25, -0.2) is 9.97 Å². The van der Waals surface area contributed by atoms with E-state index < -0.39 is 0 Å². The highest BCUT2D eigenvalue weighted by molar-refractivity contribution is 7.21. The van der Waals surface area contributed by atoms with Crippen LogP contribution < -0.4 is 5.43 Å². The summed E-state index contributed by atoms with van der Waals surface area (Å²) < 4.78 is 0. The predicted octanol–water partition coefficient (Wildman–Crippen LogP) is 5.17. The van der Waals surface area contributed by atoms with Gasteiger partial charge < -0.3 is 0 Å². The highest BCUT2D eigenvalue weighted by Crippen LogP contribution is 2.35. The molecule has 0 saturated heterocycles. The third-order valence-electron chi connectivity index (χ3n) is 3.49. The van der Waals surface area contributed by atoms with Crippen molar-refractivity contribution in [3.8, 4) is 10.4 Å². The van der Waals surface area contributed by atoms with E-state index in [1.54, 1.807) is 28.9 Å². The van der Waals surface area contributed by atoms with E-state index in [0.717, 1.165) is 27.4 Å². The lowest BCUT2D eigenvalue weighted by Crippen LogP contribution is -1.97. The maximum atomic E-state index is 4.56. The molecule has 1 aromatic carbocycles. The first kappa shape index (κ1) is 15.0. The molecule has 24 heavy (non-hydrogen) atoms. The van der Waals surface area contributed by atoms with E-state index in [1.807, 2.05) is 41.9 Å². The number of benzene rings is 1. The van der Waals surface area contributed by atoms with Gasteiger partial charge in [-0.2, -0.15) is 16.4 Å². The van der Waals surface area contributed by atoms with Crippen LogP contribution in [0.4, 0.5) is 5.82 Å². The van der Waals surface area contributed by atoms with Gasteiger partial charge in [0.05, 0.1) is 11.6 Å². The van der Waals surface area contributed by atoms with E-state index in [9.17, 15) is 0 Å². The maximum absolute atomic E-state index is 4.56. The molecule has 6 heteroatoms. The number of aromatic nitrogens is 2. The Morgan fingerprint density at radius 2 is 2.00 bits per heavy atom. The Balaban J connectivity index is 1.71. The lowest BCUT2D eigenvalue weighted by atomic mass is 10.2. The van der Waals surface area contributed by atoms with Crippen molar-refractivity contribution in [1.82, 2.24) is 9.97 Å². The molecule has 1 N–H and O–H groups in total. The minimum Gasteiger partial charge on any atom is -0.261 e. The Labute approximate surface area is 147 Å². The Morgan fingerprint density at radius 1 is 1.12 bits per heavy atom. The molecule has 118 valence electrons. The first-order chi connectivity index (χ1) is 11.8. The van der Waals surface area contributed by atoms with Gasteiger partial charge in [-0.15, -0.1) is 11.3 Å². The fourth-order valence-corrected chi connectivity index (χ4v) is 4.07. The van der Waals surface area contributed by atoms with Crippen molar-refractivity contribution in [2.75, 3.05) is 5.43 Å². The third-order valence-corrected chi connectivity index (χ3v) is 5.27. The highest BCUT2D eigenvalue weighted by Gasteiger charge is 2.11. The fourth-order valence-electron chi connectivity index (χ4n) is 2.37. The van der Waals surface area contributed by atoms with Gasteiger partial charge in [0, 0.05) is 10.4 Å². The molecule has 4 aromatic rings. The molecule has 0 atom stereocenters. The Kier molecular flexibility index (Phi) is 4.06. The van der Waals surface area contributed by atoms with Gasteiger partial charge in [0.1, 0.15) is 10.7 Å². The Morgan fingerprint density at radius 3 is 2.79 bits per heavy atom. The first-order valence-corrected chi connectivity index (χ1v) is 9.20. The highest BCUT2D eigenvalue weighted by atomic mass is 32.1. The van der Waals surface area contributed by atoms with E-state index in [4.69, 9.17) is 0 Å². The molecule has 0 fully saturated rings. The number of hydrogen-bond donors (Lipinski definition) is 1. The summed E-state index contributed by atoms with van der Waals surface area (Å²) in [5.41, 5.74) is 5.32. The number of thiophene rings is 2. The van der Waals surface area contributed by atoms with Crippen molar-refractivity contribution in [1.29, 1.82) is 0 Å². The zero-order chi connectivity index (χ0) is 16.4. The second-order valence-corrected chi connectivity index (χ2v) is 7.05. The monoisotopic (exact) mass is 350 g/mol. The number of anilines is 1. The maximum Gasteiger partial charge on any atom is 0.158 e. The Bertz CT molecular complexity index is 989. The van der Waals surface area contributed by atoms with Crippen LogP contribution in [0.2, 0.25) is 0 Å². The van der Waals surface area contributed by atoms with E-state index in [2.05, 4.69) is 38.7 Å². The van der Waals surface area contributed by atoms with Crippen LogP contribution in [-0.2, 0) is 0 Å². The number of fused-ring (bicyclic) bond motifs is 1. The van der Waals surface area contributed by atoms with Gasteiger partial charge in [0.25, 0.3) is 0 Å². The van der Waals surface area contributed by atoms with Crippen LogP contribution in [0.15, 0.2) is 58.3 Å². The number of rotatable bonds is 4. The van der Waals surface area contributed by atoms with Crippen LogP contribution >= 0.6 is 22.7 Å². The molecule has 0 aliphatic heterocycles. The van der Waals surface area contributed by atoms with E-state index in [-0.39, 0.29) is 0 Å². The van der Waals surface area contributed by atoms with Gasteiger partial charge in [-0.3, -0.25) is 5.43 Å². The molecule has 0 bridgehead atoms. The molecule has 0 amide bonds. The zero-order valence-corrected chi connectivity index (χ0v) is 14.6. The summed E-state index contributed by atoms with van der Waals surface area (Å²) in [5, 5.41) is 9.37. The van der Waals surface area contributed by atoms with Gasteiger partial charge >= 0.3 is 0 Å². The van der Waals surface area contributed by atoms with Crippen molar-refractivity contribution in [3.63, 3.8) is 0 Å². The summed E-state index contributed by atoms with van der Waals surface area (Å²) in [4.78, 5) is 11.2. The molecular formula is C18H14N4S2. The summed E-state index contributed by atoms with van der Waals surface area (Å²) in [6.45, 7) is 1.90. The third kappa shape index (κ3) is 3.06. The van der Waals surface area contributed by atoms with E-state index in [0.29, 0.717) is 0 Å². The molecule has 3 aromatic heterocycles. The van der Waals surface area contributed by atoms with Crippen LogP contribution in [0.5, 0.6) is 0 Å². The first-order valence-electron chi connectivity index (χ1n) is 7.44. The molecule has 0 aliphatic carbocycles. The van der Waals surface area contributed by atoms with E-state index in [1.165, 1.54) is 10.4 Å². The number of nitrogens with zero attached hydrogens (tertiary/aromatic N) is 3. The number of nitrogens with one attached hydrogen (secondary N) is 1. The van der Waals surface area contributed by atoms with Crippen LogP contribution in [-0.4, -0.2) is 16.2 Å². The minimum absolute atomic E-state index is 0.734. The van der Waals surface area contributed by atoms with Crippen LogP contribution in [0, 0.1) is 6.92 Å². The standard InChI is InChI=1S/C18H14N4S2/c1-12-20-17(22-19-10-13-7-8-23-11-13)15-9-16(24-18(15)21-12)14-5-3-2-4-6-14/h2-11H,1H3,(H,20,21,22)/b19-10-. The van der Waals surface area contributed by atoms with Crippen LogP contribution in [0.3, 0.4) is 0 Å². The number of aryl methyl sites for hydroxylation is 1.